The number of aromatic nitrogens is 2. The van der Waals surface area contributed by atoms with Crippen molar-refractivity contribution in [1.82, 2.24) is 9.97 Å². The summed E-state index contributed by atoms with van der Waals surface area (Å²) in [5.74, 6) is -0.0401. The lowest BCUT2D eigenvalue weighted by Gasteiger charge is -2.17. The molecule has 1 fully saturated rings. The van der Waals surface area contributed by atoms with E-state index in [-0.39, 0.29) is 24.2 Å². The molecule has 1 aromatic heterocycles. The zero-order valence-corrected chi connectivity index (χ0v) is 14.6. The fraction of sp³-hybridized carbons (Fsp3) is 0.333. The number of ether oxygens (including phenoxy) is 2. The Balaban J connectivity index is 1.62. The smallest absolute Gasteiger partial charge is 0.316 e. The van der Waals surface area contributed by atoms with E-state index in [0.717, 1.165) is 5.69 Å². The summed E-state index contributed by atoms with van der Waals surface area (Å²) in [6.45, 7) is 2.64. The van der Waals surface area contributed by atoms with Gasteiger partial charge in [0, 0.05) is 18.7 Å². The molecule has 136 valence electrons. The van der Waals surface area contributed by atoms with Crippen molar-refractivity contribution in [2.45, 2.75) is 13.3 Å². The van der Waals surface area contributed by atoms with E-state index < -0.39 is 5.92 Å². The number of anilines is 2. The highest BCUT2D eigenvalue weighted by molar-refractivity contribution is 6.03. The summed E-state index contributed by atoms with van der Waals surface area (Å²) < 4.78 is 10.3. The predicted octanol–water partition coefficient (Wildman–Crippen LogP) is 1.88. The van der Waals surface area contributed by atoms with Crippen LogP contribution in [0.15, 0.2) is 36.7 Å². The van der Waals surface area contributed by atoms with E-state index in [4.69, 9.17) is 9.47 Å². The maximum Gasteiger partial charge on any atom is 0.316 e. The van der Waals surface area contributed by atoms with Gasteiger partial charge in [0.1, 0.15) is 5.75 Å². The summed E-state index contributed by atoms with van der Waals surface area (Å²) in [6.07, 6.45) is 3.12. The van der Waals surface area contributed by atoms with Gasteiger partial charge in [-0.2, -0.15) is 0 Å². The highest BCUT2D eigenvalue weighted by Crippen LogP contribution is 2.27. The van der Waals surface area contributed by atoms with Crippen LogP contribution >= 0.6 is 0 Å². The number of hydrogen-bond donors (Lipinski definition) is 1. The van der Waals surface area contributed by atoms with Crippen LogP contribution in [0.25, 0.3) is 0 Å². The Morgan fingerprint density at radius 1 is 1.27 bits per heavy atom. The Hall–Kier alpha value is -3.16. The minimum atomic E-state index is -0.434. The Kier molecular flexibility index (Phi) is 5.31. The number of nitrogens with zero attached hydrogens (tertiary/aromatic N) is 3. The molecule has 0 saturated carbocycles. The van der Waals surface area contributed by atoms with Crippen LogP contribution in [0.5, 0.6) is 11.8 Å². The molecule has 0 radical (unpaired) electrons. The van der Waals surface area contributed by atoms with Gasteiger partial charge in [-0.25, -0.2) is 9.97 Å². The van der Waals surface area contributed by atoms with Gasteiger partial charge in [0.05, 0.1) is 37.7 Å². The predicted molar refractivity (Wildman–Crippen MR) is 95.3 cm³/mol. The first-order chi connectivity index (χ1) is 12.6. The van der Waals surface area contributed by atoms with Crippen molar-refractivity contribution in [3.63, 3.8) is 0 Å². The Morgan fingerprint density at radius 3 is 2.58 bits per heavy atom. The van der Waals surface area contributed by atoms with Crippen LogP contribution in [0.3, 0.4) is 0 Å². The van der Waals surface area contributed by atoms with Gasteiger partial charge in [-0.3, -0.25) is 9.59 Å². The van der Waals surface area contributed by atoms with E-state index in [0.29, 0.717) is 24.6 Å². The van der Waals surface area contributed by atoms with E-state index >= 15 is 0 Å². The Labute approximate surface area is 151 Å². The molecule has 1 aliphatic rings. The lowest BCUT2D eigenvalue weighted by Crippen LogP contribution is -2.28. The third-order valence-corrected chi connectivity index (χ3v) is 4.05. The van der Waals surface area contributed by atoms with Crippen LogP contribution in [0.4, 0.5) is 11.4 Å². The number of rotatable bonds is 6. The molecule has 0 aliphatic carbocycles. The van der Waals surface area contributed by atoms with Crippen LogP contribution in [0.1, 0.15) is 13.3 Å². The zero-order chi connectivity index (χ0) is 18.5. The van der Waals surface area contributed by atoms with Crippen LogP contribution in [-0.2, 0) is 9.59 Å². The number of carbonyl (C=O) groups is 2. The number of methoxy groups -OCH3 is 1. The molecule has 2 aromatic rings. The first kappa shape index (κ1) is 17.7. The minimum Gasteiger partial charge on any atom is -0.497 e. The number of carbonyl (C=O) groups excluding carboxylic acids is 2. The molecule has 1 saturated heterocycles. The SMILES string of the molecule is CCOc1ncc(NC(=O)C2CC(=O)N(c3ccc(OC)cc3)C2)cn1. The molecule has 2 amide bonds. The molecular weight excluding hydrogens is 336 g/mol. The molecule has 2 heterocycles. The average molecular weight is 356 g/mol. The number of hydrogen-bond acceptors (Lipinski definition) is 6. The summed E-state index contributed by atoms with van der Waals surface area (Å²) in [5.41, 5.74) is 1.21. The van der Waals surface area contributed by atoms with E-state index in [1.165, 1.54) is 12.4 Å². The summed E-state index contributed by atoms with van der Waals surface area (Å²) >= 11 is 0. The topological polar surface area (TPSA) is 93.6 Å². The average Bonchev–Trinajstić information content (AvgIpc) is 3.05. The van der Waals surface area contributed by atoms with Crippen molar-refractivity contribution in [3.05, 3.63) is 36.7 Å². The van der Waals surface area contributed by atoms with Crippen LogP contribution in [0, 0.1) is 5.92 Å². The summed E-state index contributed by atoms with van der Waals surface area (Å²) in [4.78, 5) is 34.4. The molecule has 1 unspecified atom stereocenters. The molecule has 3 rings (SSSR count). The second kappa shape index (κ2) is 7.81. The van der Waals surface area contributed by atoms with Crippen molar-refractivity contribution >= 4 is 23.2 Å². The maximum atomic E-state index is 12.5. The van der Waals surface area contributed by atoms with Crippen molar-refractivity contribution in [3.8, 4) is 11.8 Å². The minimum absolute atomic E-state index is 0.0849. The third kappa shape index (κ3) is 3.90. The Bertz CT molecular complexity index is 777. The lowest BCUT2D eigenvalue weighted by atomic mass is 10.1. The quantitative estimate of drug-likeness (QED) is 0.849. The van der Waals surface area contributed by atoms with E-state index in [2.05, 4.69) is 15.3 Å². The second-order valence-corrected chi connectivity index (χ2v) is 5.78. The van der Waals surface area contributed by atoms with Gasteiger partial charge in [0.25, 0.3) is 0 Å². The van der Waals surface area contributed by atoms with Crippen LogP contribution < -0.4 is 19.7 Å². The third-order valence-electron chi connectivity index (χ3n) is 4.05. The molecule has 26 heavy (non-hydrogen) atoms. The first-order valence-corrected chi connectivity index (χ1v) is 8.31. The second-order valence-electron chi connectivity index (χ2n) is 5.78. The molecule has 0 spiro atoms. The molecular formula is C18H20N4O4. The number of amides is 2. The Morgan fingerprint density at radius 2 is 1.96 bits per heavy atom. The van der Waals surface area contributed by atoms with E-state index in [1.54, 1.807) is 36.3 Å². The fourth-order valence-corrected chi connectivity index (χ4v) is 2.72. The van der Waals surface area contributed by atoms with Gasteiger partial charge in [0.15, 0.2) is 0 Å². The highest BCUT2D eigenvalue weighted by atomic mass is 16.5. The van der Waals surface area contributed by atoms with Gasteiger partial charge < -0.3 is 19.7 Å². The molecule has 1 aliphatic heterocycles. The molecule has 8 heteroatoms. The summed E-state index contributed by atoms with van der Waals surface area (Å²) in [6, 6.07) is 7.43. The van der Waals surface area contributed by atoms with Crippen molar-refractivity contribution < 1.29 is 19.1 Å². The van der Waals surface area contributed by atoms with Crippen LogP contribution in [-0.4, -0.2) is 42.0 Å². The summed E-state index contributed by atoms with van der Waals surface area (Å²) in [5, 5.41) is 2.75. The van der Waals surface area contributed by atoms with Gasteiger partial charge in [0.2, 0.25) is 11.8 Å². The standard InChI is InChI=1S/C18H20N4O4/c1-3-26-18-19-9-13(10-20-18)21-17(24)12-8-16(23)22(11-12)14-4-6-15(25-2)7-5-14/h4-7,9-10,12H,3,8,11H2,1-2H3,(H,21,24). The van der Waals surface area contributed by atoms with Crippen LogP contribution in [0.2, 0.25) is 0 Å². The van der Waals surface area contributed by atoms with E-state index in [9.17, 15) is 9.59 Å². The highest BCUT2D eigenvalue weighted by Gasteiger charge is 2.35. The van der Waals surface area contributed by atoms with Gasteiger partial charge in [-0.05, 0) is 31.2 Å². The lowest BCUT2D eigenvalue weighted by molar-refractivity contribution is -0.122. The number of benzene rings is 1. The van der Waals surface area contributed by atoms with Crippen molar-refractivity contribution in [2.24, 2.45) is 5.92 Å². The molecule has 8 nitrogen and oxygen atoms in total. The van der Waals surface area contributed by atoms with Crippen molar-refractivity contribution in [1.29, 1.82) is 0 Å². The molecule has 1 N–H and O–H groups in total. The van der Waals surface area contributed by atoms with Crippen molar-refractivity contribution in [2.75, 3.05) is 30.5 Å². The van der Waals surface area contributed by atoms with Gasteiger partial charge in [-0.15, -0.1) is 0 Å². The number of nitrogens with one attached hydrogen (secondary N) is 1. The monoisotopic (exact) mass is 356 g/mol. The fourth-order valence-electron chi connectivity index (χ4n) is 2.72. The molecule has 1 atom stereocenters. The largest absolute Gasteiger partial charge is 0.497 e. The van der Waals surface area contributed by atoms with Gasteiger partial charge >= 0.3 is 6.01 Å². The molecule has 1 aromatic carbocycles. The summed E-state index contributed by atoms with van der Waals surface area (Å²) in [7, 11) is 1.58. The maximum absolute atomic E-state index is 12.5. The van der Waals surface area contributed by atoms with E-state index in [1.807, 2.05) is 6.92 Å². The first-order valence-electron chi connectivity index (χ1n) is 8.31. The van der Waals surface area contributed by atoms with Gasteiger partial charge in [-0.1, -0.05) is 0 Å². The molecule has 0 bridgehead atoms. The normalized spacial score (nSPS) is 16.5. The zero-order valence-electron chi connectivity index (χ0n) is 14.6.